The van der Waals surface area contributed by atoms with E-state index in [1.54, 1.807) is 18.3 Å². The van der Waals surface area contributed by atoms with Crippen molar-refractivity contribution < 1.29 is 4.79 Å². The first-order chi connectivity index (χ1) is 14.7. The summed E-state index contributed by atoms with van der Waals surface area (Å²) in [5.74, 6) is 0.0939. The monoisotopic (exact) mass is 432 g/mol. The zero-order chi connectivity index (χ0) is 22.2. The lowest BCUT2D eigenvalue weighted by Crippen LogP contribution is -2.30. The number of nitrogens with one attached hydrogen (secondary N) is 2. The van der Waals surface area contributed by atoms with Gasteiger partial charge in [-0.25, -0.2) is 9.97 Å². The van der Waals surface area contributed by atoms with Crippen molar-refractivity contribution in [1.29, 1.82) is 0 Å². The maximum Gasteiger partial charge on any atom is 0.264 e. The van der Waals surface area contributed by atoms with E-state index in [4.69, 9.17) is 0 Å². The highest BCUT2D eigenvalue weighted by molar-refractivity contribution is 7.18. The third-order valence-corrected chi connectivity index (χ3v) is 5.98. The Balaban J connectivity index is 1.49. The van der Waals surface area contributed by atoms with E-state index in [-0.39, 0.29) is 11.0 Å². The molecule has 0 aliphatic heterocycles. The minimum Gasteiger partial charge on any atom is -0.322 e. The first-order valence-corrected chi connectivity index (χ1v) is 10.9. The third kappa shape index (κ3) is 4.56. The van der Waals surface area contributed by atoms with E-state index >= 15 is 0 Å². The van der Waals surface area contributed by atoms with Crippen LogP contribution in [0.5, 0.6) is 0 Å². The van der Waals surface area contributed by atoms with Crippen LogP contribution in [0.15, 0.2) is 53.3 Å². The molecule has 158 valence electrons. The van der Waals surface area contributed by atoms with Crippen LogP contribution >= 0.6 is 11.3 Å². The normalized spacial score (nSPS) is 11.6. The summed E-state index contributed by atoms with van der Waals surface area (Å²) in [7, 11) is 0. The van der Waals surface area contributed by atoms with Gasteiger partial charge in [-0.1, -0.05) is 45.0 Å². The Labute approximate surface area is 184 Å². The van der Waals surface area contributed by atoms with Crippen LogP contribution in [0.1, 0.15) is 53.2 Å². The van der Waals surface area contributed by atoms with Crippen molar-refractivity contribution in [3.63, 3.8) is 0 Å². The minimum absolute atomic E-state index is 0.0338. The lowest BCUT2D eigenvalue weighted by atomic mass is 9.95. The molecule has 0 radical (unpaired) electrons. The summed E-state index contributed by atoms with van der Waals surface area (Å²) < 4.78 is 1.17. The molecule has 0 spiro atoms. The Kier molecular flexibility index (Phi) is 5.45. The highest BCUT2D eigenvalue weighted by Gasteiger charge is 2.22. The molecule has 0 saturated heterocycles. The van der Waals surface area contributed by atoms with E-state index in [9.17, 15) is 9.59 Å². The summed E-state index contributed by atoms with van der Waals surface area (Å²) in [6.07, 6.45) is 0.727. The Morgan fingerprint density at radius 1 is 1.06 bits per heavy atom. The molecule has 4 aromatic rings. The van der Waals surface area contributed by atoms with Gasteiger partial charge in [-0.15, -0.1) is 11.3 Å². The molecule has 0 atom stereocenters. The van der Waals surface area contributed by atoms with Crippen molar-refractivity contribution in [1.82, 2.24) is 15.0 Å². The number of hydrogen-bond donors (Lipinski definition) is 2. The number of hydrogen-bond acceptors (Lipinski definition) is 5. The van der Waals surface area contributed by atoms with Gasteiger partial charge < -0.3 is 10.3 Å². The summed E-state index contributed by atoms with van der Waals surface area (Å²) in [5, 5.41) is 3.85. The first kappa shape index (κ1) is 20.9. The van der Waals surface area contributed by atoms with Gasteiger partial charge in [-0.05, 0) is 36.8 Å². The number of thiazole rings is 1. The Morgan fingerprint density at radius 2 is 1.77 bits per heavy atom. The van der Waals surface area contributed by atoms with Gasteiger partial charge in [0.05, 0.1) is 20.9 Å². The molecule has 31 heavy (non-hydrogen) atoms. The van der Waals surface area contributed by atoms with Crippen LogP contribution in [-0.2, 0) is 11.8 Å². The second-order valence-electron chi connectivity index (χ2n) is 8.53. The van der Waals surface area contributed by atoms with Crippen LogP contribution in [0.2, 0.25) is 0 Å². The molecule has 0 saturated carbocycles. The maximum atomic E-state index is 12.7. The van der Waals surface area contributed by atoms with Gasteiger partial charge in [0.2, 0.25) is 0 Å². The van der Waals surface area contributed by atoms with Gasteiger partial charge in [0.1, 0.15) is 11.4 Å². The number of aryl methyl sites for hydroxylation is 1. The Hall–Kier alpha value is -3.32. The minimum atomic E-state index is -0.467. The highest BCUT2D eigenvalue weighted by Crippen LogP contribution is 2.24. The molecule has 7 heteroatoms. The van der Waals surface area contributed by atoms with Crippen LogP contribution < -0.4 is 10.9 Å². The standard InChI is InChI=1S/C24H24N4O2S/c1-14-20(22(30)28-23(25-14)24(2,3)4)21(29)26-16-11-9-15(10-12-16)13-19-27-17-7-5-6-8-18(17)31-19/h5-12H,13H2,1-4H3,(H,26,29)(H,25,28,30). The molecule has 0 unspecified atom stereocenters. The SMILES string of the molecule is Cc1nc(C(C)(C)C)[nH]c(=O)c1C(=O)Nc1ccc(Cc2nc3ccccc3s2)cc1. The van der Waals surface area contributed by atoms with Crippen LogP contribution in [0, 0.1) is 6.92 Å². The van der Waals surface area contributed by atoms with E-state index in [0.717, 1.165) is 22.5 Å². The molecular formula is C24H24N4O2S. The van der Waals surface area contributed by atoms with E-state index in [0.29, 0.717) is 17.2 Å². The lowest BCUT2D eigenvalue weighted by molar-refractivity contribution is 0.102. The van der Waals surface area contributed by atoms with Gasteiger partial charge in [-0.2, -0.15) is 0 Å². The zero-order valence-corrected chi connectivity index (χ0v) is 18.8. The van der Waals surface area contributed by atoms with Crippen molar-refractivity contribution in [2.45, 2.75) is 39.5 Å². The molecule has 0 bridgehead atoms. The number of amides is 1. The molecule has 2 heterocycles. The second-order valence-corrected chi connectivity index (χ2v) is 9.64. The van der Waals surface area contributed by atoms with Gasteiger partial charge in [0.15, 0.2) is 0 Å². The molecule has 2 N–H and O–H groups in total. The summed E-state index contributed by atoms with van der Waals surface area (Å²) in [6.45, 7) is 7.56. The first-order valence-electron chi connectivity index (χ1n) is 10.1. The smallest absolute Gasteiger partial charge is 0.264 e. The molecular weight excluding hydrogens is 408 g/mol. The van der Waals surface area contributed by atoms with Crippen molar-refractivity contribution in [3.05, 3.63) is 86.5 Å². The van der Waals surface area contributed by atoms with Crippen molar-refractivity contribution in [2.24, 2.45) is 0 Å². The van der Waals surface area contributed by atoms with Crippen molar-refractivity contribution in [2.75, 3.05) is 5.32 Å². The predicted molar refractivity (Wildman–Crippen MR) is 125 cm³/mol. The molecule has 0 aliphatic carbocycles. The number of benzene rings is 2. The van der Waals surface area contributed by atoms with Gasteiger partial charge in [0, 0.05) is 17.5 Å². The number of nitrogens with zero attached hydrogens (tertiary/aromatic N) is 2. The van der Waals surface area contributed by atoms with Gasteiger partial charge in [-0.3, -0.25) is 9.59 Å². The summed E-state index contributed by atoms with van der Waals surface area (Å²) >= 11 is 1.68. The van der Waals surface area contributed by atoms with Crippen molar-refractivity contribution >= 4 is 33.1 Å². The fourth-order valence-corrected chi connectivity index (χ4v) is 4.28. The number of carbonyl (C=O) groups excluding carboxylic acids is 1. The molecule has 6 nitrogen and oxygen atoms in total. The van der Waals surface area contributed by atoms with E-state index in [2.05, 4.69) is 26.3 Å². The van der Waals surface area contributed by atoms with Gasteiger partial charge >= 0.3 is 0 Å². The number of aromatic nitrogens is 3. The molecule has 2 aromatic carbocycles. The topological polar surface area (TPSA) is 87.7 Å². The summed E-state index contributed by atoms with van der Waals surface area (Å²) in [5.41, 5.74) is 2.45. The van der Waals surface area contributed by atoms with Crippen molar-refractivity contribution in [3.8, 4) is 0 Å². The Morgan fingerprint density at radius 3 is 2.42 bits per heavy atom. The number of para-hydroxylation sites is 1. The molecule has 4 rings (SSSR count). The predicted octanol–water partition coefficient (Wildman–Crippen LogP) is 4.83. The Bertz CT molecular complexity index is 1280. The summed E-state index contributed by atoms with van der Waals surface area (Å²) in [6, 6.07) is 15.7. The van der Waals surface area contributed by atoms with Crippen LogP contribution in [0.4, 0.5) is 5.69 Å². The lowest BCUT2D eigenvalue weighted by Gasteiger charge is -2.18. The summed E-state index contributed by atoms with van der Waals surface area (Å²) in [4.78, 5) is 37.0. The number of anilines is 1. The van der Waals surface area contributed by atoms with Crippen LogP contribution in [0.25, 0.3) is 10.2 Å². The van der Waals surface area contributed by atoms with Crippen LogP contribution in [-0.4, -0.2) is 20.9 Å². The van der Waals surface area contributed by atoms with E-state index in [1.165, 1.54) is 4.70 Å². The average Bonchev–Trinajstić information content (AvgIpc) is 3.10. The molecule has 0 aliphatic rings. The zero-order valence-electron chi connectivity index (χ0n) is 17.9. The second kappa shape index (κ2) is 8.07. The van der Waals surface area contributed by atoms with Crippen LogP contribution in [0.3, 0.4) is 0 Å². The molecule has 0 fully saturated rings. The number of aromatic amines is 1. The molecule has 2 aromatic heterocycles. The molecule has 1 amide bonds. The van der Waals surface area contributed by atoms with Gasteiger partial charge in [0.25, 0.3) is 11.5 Å². The largest absolute Gasteiger partial charge is 0.322 e. The average molecular weight is 433 g/mol. The number of rotatable bonds is 4. The fraction of sp³-hybridized carbons (Fsp3) is 0.250. The van der Waals surface area contributed by atoms with E-state index in [1.807, 2.05) is 63.2 Å². The number of fused-ring (bicyclic) bond motifs is 1. The maximum absolute atomic E-state index is 12.7. The van der Waals surface area contributed by atoms with E-state index < -0.39 is 11.5 Å². The number of H-pyrrole nitrogens is 1. The number of carbonyl (C=O) groups is 1. The third-order valence-electron chi connectivity index (χ3n) is 4.94. The fourth-order valence-electron chi connectivity index (χ4n) is 3.28. The quantitative estimate of drug-likeness (QED) is 0.484. The highest BCUT2D eigenvalue weighted by atomic mass is 32.1.